The molecule has 0 unspecified atom stereocenters. The highest BCUT2D eigenvalue weighted by Gasteiger charge is 1.99. The number of guanidine groups is 1. The van der Waals surface area contributed by atoms with Crippen LogP contribution in [0.4, 0.5) is 4.39 Å². The average molecular weight is 433 g/mol. The maximum Gasteiger partial charge on any atom is 0.191 e. The van der Waals surface area contributed by atoms with Crippen molar-refractivity contribution in [2.75, 3.05) is 13.1 Å². The van der Waals surface area contributed by atoms with Gasteiger partial charge < -0.3 is 10.6 Å². The standard InChI is InChI=1S/C16H20FN3S.HI/c1-2-18-16(20-11-14-8-10-21-12-14)19-9-7-13-3-5-15(17)6-4-13;/h3-6,8,10,12H,2,7,9,11H2,1H3,(H2,18,19,20);1H. The van der Waals surface area contributed by atoms with E-state index in [-0.39, 0.29) is 29.8 Å². The Kier molecular flexibility index (Phi) is 9.07. The van der Waals surface area contributed by atoms with Crippen molar-refractivity contribution in [2.24, 2.45) is 4.99 Å². The Morgan fingerprint density at radius 2 is 1.91 bits per heavy atom. The quantitative estimate of drug-likeness (QED) is 0.413. The van der Waals surface area contributed by atoms with Crippen LogP contribution in [0.5, 0.6) is 0 Å². The number of hydrogen-bond acceptors (Lipinski definition) is 2. The smallest absolute Gasteiger partial charge is 0.191 e. The molecule has 2 aromatic rings. The molecule has 0 spiro atoms. The Morgan fingerprint density at radius 3 is 2.55 bits per heavy atom. The van der Waals surface area contributed by atoms with Crippen molar-refractivity contribution >= 4 is 41.3 Å². The summed E-state index contributed by atoms with van der Waals surface area (Å²) in [4.78, 5) is 4.54. The summed E-state index contributed by atoms with van der Waals surface area (Å²) >= 11 is 1.68. The fourth-order valence-corrected chi connectivity index (χ4v) is 2.53. The minimum Gasteiger partial charge on any atom is -0.357 e. The first-order valence-corrected chi connectivity index (χ1v) is 8.00. The van der Waals surface area contributed by atoms with Gasteiger partial charge in [0.05, 0.1) is 6.54 Å². The summed E-state index contributed by atoms with van der Waals surface area (Å²) in [6.07, 6.45) is 0.836. The lowest BCUT2D eigenvalue weighted by atomic mass is 10.1. The molecule has 6 heteroatoms. The summed E-state index contributed by atoms with van der Waals surface area (Å²) in [5.74, 6) is 0.614. The Hall–Kier alpha value is -1.15. The summed E-state index contributed by atoms with van der Waals surface area (Å²) in [6, 6.07) is 8.69. The molecule has 0 aliphatic heterocycles. The second-order valence-electron chi connectivity index (χ2n) is 4.63. The van der Waals surface area contributed by atoms with Gasteiger partial charge in [-0.2, -0.15) is 11.3 Å². The first kappa shape index (κ1) is 18.9. The van der Waals surface area contributed by atoms with Crippen molar-refractivity contribution in [1.82, 2.24) is 10.6 Å². The molecule has 0 aliphatic carbocycles. The molecule has 1 aromatic carbocycles. The van der Waals surface area contributed by atoms with Crippen LogP contribution in [-0.4, -0.2) is 19.0 Å². The second kappa shape index (κ2) is 10.6. The van der Waals surface area contributed by atoms with Gasteiger partial charge in [-0.3, -0.25) is 0 Å². The van der Waals surface area contributed by atoms with Gasteiger partial charge in [0.15, 0.2) is 5.96 Å². The number of hydrogen-bond donors (Lipinski definition) is 2. The van der Waals surface area contributed by atoms with Crippen molar-refractivity contribution in [3.05, 3.63) is 58.0 Å². The van der Waals surface area contributed by atoms with E-state index in [1.54, 1.807) is 11.3 Å². The van der Waals surface area contributed by atoms with Crippen molar-refractivity contribution in [1.29, 1.82) is 0 Å². The van der Waals surface area contributed by atoms with E-state index in [9.17, 15) is 4.39 Å². The topological polar surface area (TPSA) is 36.4 Å². The Bertz CT molecular complexity index is 555. The summed E-state index contributed by atoms with van der Waals surface area (Å²) in [6.45, 7) is 4.31. The van der Waals surface area contributed by atoms with Crippen molar-refractivity contribution < 1.29 is 4.39 Å². The maximum atomic E-state index is 12.8. The second-order valence-corrected chi connectivity index (χ2v) is 5.41. The first-order valence-electron chi connectivity index (χ1n) is 7.05. The molecule has 2 rings (SSSR count). The monoisotopic (exact) mass is 433 g/mol. The number of nitrogens with one attached hydrogen (secondary N) is 2. The first-order chi connectivity index (χ1) is 10.3. The number of nitrogens with zero attached hydrogens (tertiary/aromatic N) is 1. The van der Waals surface area contributed by atoms with Gasteiger partial charge in [0.25, 0.3) is 0 Å². The van der Waals surface area contributed by atoms with Crippen LogP contribution in [-0.2, 0) is 13.0 Å². The minimum absolute atomic E-state index is 0. The highest BCUT2D eigenvalue weighted by molar-refractivity contribution is 14.0. The number of rotatable bonds is 6. The van der Waals surface area contributed by atoms with Gasteiger partial charge >= 0.3 is 0 Å². The molecule has 0 radical (unpaired) electrons. The third-order valence-electron chi connectivity index (χ3n) is 2.96. The van der Waals surface area contributed by atoms with E-state index >= 15 is 0 Å². The zero-order valence-electron chi connectivity index (χ0n) is 12.5. The van der Waals surface area contributed by atoms with E-state index in [1.807, 2.05) is 19.1 Å². The van der Waals surface area contributed by atoms with Crippen molar-refractivity contribution in [2.45, 2.75) is 19.9 Å². The van der Waals surface area contributed by atoms with Gasteiger partial charge in [-0.1, -0.05) is 12.1 Å². The molecule has 0 saturated carbocycles. The zero-order chi connectivity index (χ0) is 14.9. The lowest BCUT2D eigenvalue weighted by Crippen LogP contribution is -2.38. The highest BCUT2D eigenvalue weighted by Crippen LogP contribution is 2.06. The van der Waals surface area contributed by atoms with Gasteiger partial charge in [-0.25, -0.2) is 9.38 Å². The maximum absolute atomic E-state index is 12.8. The van der Waals surface area contributed by atoms with Gasteiger partial charge in [0.1, 0.15) is 5.82 Å². The summed E-state index contributed by atoms with van der Waals surface area (Å²) in [7, 11) is 0. The van der Waals surface area contributed by atoms with Crippen LogP contribution < -0.4 is 10.6 Å². The molecule has 2 N–H and O–H groups in total. The van der Waals surface area contributed by atoms with Gasteiger partial charge in [0, 0.05) is 13.1 Å². The van der Waals surface area contributed by atoms with E-state index in [0.717, 1.165) is 31.0 Å². The molecule has 3 nitrogen and oxygen atoms in total. The Labute approximate surface area is 152 Å². The van der Waals surface area contributed by atoms with Gasteiger partial charge in [-0.15, -0.1) is 24.0 Å². The fraction of sp³-hybridized carbons (Fsp3) is 0.312. The van der Waals surface area contributed by atoms with E-state index in [1.165, 1.54) is 17.7 Å². The lowest BCUT2D eigenvalue weighted by molar-refractivity contribution is 0.626. The Balaban J connectivity index is 0.00000242. The third kappa shape index (κ3) is 6.74. The van der Waals surface area contributed by atoms with E-state index in [0.29, 0.717) is 6.54 Å². The van der Waals surface area contributed by atoms with E-state index in [4.69, 9.17) is 0 Å². The molecule has 120 valence electrons. The Morgan fingerprint density at radius 1 is 1.14 bits per heavy atom. The number of halogens is 2. The molecule has 0 atom stereocenters. The minimum atomic E-state index is -0.197. The predicted octanol–water partition coefficient (Wildman–Crippen LogP) is 3.80. The van der Waals surface area contributed by atoms with Crippen LogP contribution in [0, 0.1) is 5.82 Å². The molecule has 22 heavy (non-hydrogen) atoms. The zero-order valence-corrected chi connectivity index (χ0v) is 15.7. The molecular formula is C16H21FIN3S. The van der Waals surface area contributed by atoms with Gasteiger partial charge in [0.2, 0.25) is 0 Å². The summed E-state index contributed by atoms with van der Waals surface area (Å²) in [5, 5.41) is 10.7. The summed E-state index contributed by atoms with van der Waals surface area (Å²) in [5.41, 5.74) is 2.33. The molecule has 0 bridgehead atoms. The van der Waals surface area contributed by atoms with Crippen LogP contribution in [0.15, 0.2) is 46.1 Å². The molecule has 0 aliphatic rings. The van der Waals surface area contributed by atoms with Crippen molar-refractivity contribution in [3.8, 4) is 0 Å². The predicted molar refractivity (Wildman–Crippen MR) is 103 cm³/mol. The van der Waals surface area contributed by atoms with Crippen LogP contribution >= 0.6 is 35.3 Å². The molecule has 1 heterocycles. The lowest BCUT2D eigenvalue weighted by Gasteiger charge is -2.11. The van der Waals surface area contributed by atoms with Gasteiger partial charge in [-0.05, 0) is 53.4 Å². The molecule has 0 saturated heterocycles. The number of aliphatic imine (C=N–C) groups is 1. The molecule has 0 amide bonds. The number of benzene rings is 1. The number of thiophene rings is 1. The van der Waals surface area contributed by atoms with E-state index < -0.39 is 0 Å². The average Bonchev–Trinajstić information content (AvgIpc) is 3.00. The normalized spacial score (nSPS) is 10.9. The summed E-state index contributed by atoms with van der Waals surface area (Å²) < 4.78 is 12.8. The third-order valence-corrected chi connectivity index (χ3v) is 3.70. The van der Waals surface area contributed by atoms with E-state index in [2.05, 4.69) is 32.5 Å². The largest absolute Gasteiger partial charge is 0.357 e. The molecule has 0 fully saturated rings. The van der Waals surface area contributed by atoms with Crippen molar-refractivity contribution in [3.63, 3.8) is 0 Å². The SMILES string of the molecule is CCNC(=NCc1ccsc1)NCCc1ccc(F)cc1.I. The molecule has 1 aromatic heterocycles. The van der Waals surface area contributed by atoms with Crippen LogP contribution in [0.2, 0.25) is 0 Å². The van der Waals surface area contributed by atoms with Crippen LogP contribution in [0.25, 0.3) is 0 Å². The highest BCUT2D eigenvalue weighted by atomic mass is 127. The van der Waals surface area contributed by atoms with Crippen LogP contribution in [0.1, 0.15) is 18.1 Å². The van der Waals surface area contributed by atoms with Crippen LogP contribution in [0.3, 0.4) is 0 Å². The molecular weight excluding hydrogens is 412 g/mol. The fourth-order valence-electron chi connectivity index (χ4n) is 1.87.